The van der Waals surface area contributed by atoms with Crippen molar-refractivity contribution in [3.05, 3.63) is 70.8 Å². The number of imide groups is 1. The van der Waals surface area contributed by atoms with Crippen molar-refractivity contribution in [1.82, 2.24) is 15.1 Å². The molecule has 2 aliphatic heterocycles. The van der Waals surface area contributed by atoms with Gasteiger partial charge in [0.2, 0.25) is 0 Å². The van der Waals surface area contributed by atoms with E-state index in [1.54, 1.807) is 48.5 Å². The van der Waals surface area contributed by atoms with E-state index in [-0.39, 0.29) is 24.3 Å². The molecule has 0 aliphatic carbocycles. The molecular weight excluding hydrogens is 390 g/mol. The monoisotopic (exact) mass is 419 g/mol. The molecule has 0 bridgehead atoms. The summed E-state index contributed by atoms with van der Waals surface area (Å²) in [5.74, 6) is 0.133. The highest BCUT2D eigenvalue weighted by Gasteiger charge is 2.34. The fourth-order valence-corrected chi connectivity index (χ4v) is 4.27. The molecule has 0 spiro atoms. The fraction of sp³-hybridized carbons (Fsp3) is 0.400. The Morgan fingerprint density at radius 2 is 1.58 bits per heavy atom. The smallest absolute Gasteiger partial charge is 0.261 e. The number of carbonyl (C=O) groups is 3. The van der Waals surface area contributed by atoms with Crippen LogP contribution in [0.3, 0.4) is 0 Å². The van der Waals surface area contributed by atoms with Gasteiger partial charge in [-0.3, -0.25) is 24.2 Å². The van der Waals surface area contributed by atoms with Gasteiger partial charge in [0.05, 0.1) is 17.7 Å². The lowest BCUT2D eigenvalue weighted by Crippen LogP contribution is -2.45. The first-order valence-corrected chi connectivity index (χ1v) is 11.0. The maximum atomic E-state index is 12.5. The van der Waals surface area contributed by atoms with E-state index < -0.39 is 0 Å². The summed E-state index contributed by atoms with van der Waals surface area (Å²) in [6.45, 7) is 7.43. The molecule has 4 rings (SSSR count). The van der Waals surface area contributed by atoms with Crippen molar-refractivity contribution < 1.29 is 14.4 Å². The Hall–Kier alpha value is -2.99. The number of nitrogens with one attached hydrogen (secondary N) is 1. The summed E-state index contributed by atoms with van der Waals surface area (Å²) >= 11 is 0. The van der Waals surface area contributed by atoms with E-state index in [0.29, 0.717) is 29.3 Å². The van der Waals surface area contributed by atoms with Crippen molar-refractivity contribution in [2.45, 2.75) is 39.3 Å². The average Bonchev–Trinajstić information content (AvgIpc) is 3.03. The quantitative estimate of drug-likeness (QED) is 0.729. The SMILES string of the molecule is CC1CCN(C(C)CNC(=O)c2ccc(CN3C(=O)c4ccccc4C3=O)cc2)CC1. The van der Waals surface area contributed by atoms with Gasteiger partial charge in [0.1, 0.15) is 0 Å². The number of benzene rings is 2. The van der Waals surface area contributed by atoms with Gasteiger partial charge in [-0.2, -0.15) is 0 Å². The number of carbonyl (C=O) groups excluding carboxylic acids is 3. The number of piperidine rings is 1. The lowest BCUT2D eigenvalue weighted by molar-refractivity contribution is 0.0641. The highest BCUT2D eigenvalue weighted by atomic mass is 16.2. The maximum Gasteiger partial charge on any atom is 0.261 e. The predicted molar refractivity (Wildman–Crippen MR) is 119 cm³/mol. The molecule has 1 unspecified atom stereocenters. The van der Waals surface area contributed by atoms with E-state index in [4.69, 9.17) is 0 Å². The van der Waals surface area contributed by atoms with Crippen LogP contribution in [0.2, 0.25) is 0 Å². The molecule has 0 radical (unpaired) electrons. The normalized spacial score (nSPS) is 18.2. The number of nitrogens with zero attached hydrogens (tertiary/aromatic N) is 2. The average molecular weight is 420 g/mol. The van der Waals surface area contributed by atoms with Gasteiger partial charge in [0, 0.05) is 18.2 Å². The second-order valence-corrected chi connectivity index (χ2v) is 8.72. The minimum atomic E-state index is -0.275. The zero-order chi connectivity index (χ0) is 22.0. The Labute approximate surface area is 183 Å². The van der Waals surface area contributed by atoms with E-state index in [0.717, 1.165) is 24.6 Å². The molecule has 6 nitrogen and oxygen atoms in total. The molecule has 31 heavy (non-hydrogen) atoms. The van der Waals surface area contributed by atoms with Crippen LogP contribution >= 0.6 is 0 Å². The highest BCUT2D eigenvalue weighted by Crippen LogP contribution is 2.24. The van der Waals surface area contributed by atoms with E-state index >= 15 is 0 Å². The summed E-state index contributed by atoms with van der Waals surface area (Å²) in [4.78, 5) is 41.3. The topological polar surface area (TPSA) is 69.7 Å². The fourth-order valence-electron chi connectivity index (χ4n) is 4.27. The van der Waals surface area contributed by atoms with E-state index in [1.807, 2.05) is 0 Å². The summed E-state index contributed by atoms with van der Waals surface area (Å²) in [6, 6.07) is 14.3. The predicted octanol–water partition coefficient (Wildman–Crippen LogP) is 3.33. The van der Waals surface area contributed by atoms with Crippen LogP contribution in [-0.4, -0.2) is 53.2 Å². The van der Waals surface area contributed by atoms with Crippen LogP contribution < -0.4 is 5.32 Å². The van der Waals surface area contributed by atoms with Gasteiger partial charge >= 0.3 is 0 Å². The second kappa shape index (κ2) is 9.02. The second-order valence-electron chi connectivity index (χ2n) is 8.72. The molecule has 1 fully saturated rings. The molecule has 2 heterocycles. The van der Waals surface area contributed by atoms with Crippen molar-refractivity contribution in [3.8, 4) is 0 Å². The summed E-state index contributed by atoms with van der Waals surface area (Å²) in [5.41, 5.74) is 2.27. The van der Waals surface area contributed by atoms with Crippen LogP contribution in [0.1, 0.15) is 63.3 Å². The van der Waals surface area contributed by atoms with Gasteiger partial charge in [0.25, 0.3) is 17.7 Å². The van der Waals surface area contributed by atoms with Gasteiger partial charge in [0.15, 0.2) is 0 Å². The summed E-state index contributed by atoms with van der Waals surface area (Å²) < 4.78 is 0. The molecule has 1 saturated heterocycles. The summed E-state index contributed by atoms with van der Waals surface area (Å²) in [7, 11) is 0. The number of rotatable bonds is 6. The zero-order valence-electron chi connectivity index (χ0n) is 18.1. The standard InChI is InChI=1S/C25H29N3O3/c1-17-11-13-27(14-12-17)18(2)15-26-23(29)20-9-7-19(8-10-20)16-28-24(30)21-5-3-4-6-22(21)25(28)31/h3-10,17-18H,11-16H2,1-2H3,(H,26,29). The van der Waals surface area contributed by atoms with Crippen molar-refractivity contribution in [2.75, 3.05) is 19.6 Å². The van der Waals surface area contributed by atoms with Crippen LogP contribution in [0.4, 0.5) is 0 Å². The number of hydrogen-bond donors (Lipinski definition) is 1. The maximum absolute atomic E-state index is 12.5. The molecule has 3 amide bonds. The first-order chi connectivity index (χ1) is 14.9. The van der Waals surface area contributed by atoms with Gasteiger partial charge in [-0.05, 0) is 68.6 Å². The third-order valence-corrected chi connectivity index (χ3v) is 6.43. The molecule has 2 aliphatic rings. The lowest BCUT2D eigenvalue weighted by atomic mass is 9.98. The zero-order valence-corrected chi connectivity index (χ0v) is 18.1. The van der Waals surface area contributed by atoms with Crippen molar-refractivity contribution in [3.63, 3.8) is 0 Å². The number of amides is 3. The summed E-state index contributed by atoms with van der Waals surface area (Å²) in [5, 5.41) is 3.03. The molecule has 1 N–H and O–H groups in total. The van der Waals surface area contributed by atoms with Crippen LogP contribution in [-0.2, 0) is 6.54 Å². The molecule has 6 heteroatoms. The van der Waals surface area contributed by atoms with E-state index in [2.05, 4.69) is 24.1 Å². The Kier molecular flexibility index (Phi) is 6.18. The van der Waals surface area contributed by atoms with Crippen LogP contribution in [0, 0.1) is 5.92 Å². The molecule has 0 saturated carbocycles. The summed E-state index contributed by atoms with van der Waals surface area (Å²) in [6.07, 6.45) is 2.43. The third-order valence-electron chi connectivity index (χ3n) is 6.43. The third kappa shape index (κ3) is 4.54. The van der Waals surface area contributed by atoms with Crippen LogP contribution in [0.25, 0.3) is 0 Å². The molecule has 0 aromatic heterocycles. The van der Waals surface area contributed by atoms with Crippen molar-refractivity contribution >= 4 is 17.7 Å². The Morgan fingerprint density at radius 3 is 2.16 bits per heavy atom. The molecule has 1 atom stereocenters. The van der Waals surface area contributed by atoms with Gasteiger partial charge in [-0.25, -0.2) is 0 Å². The van der Waals surface area contributed by atoms with Crippen molar-refractivity contribution in [1.29, 1.82) is 0 Å². The minimum Gasteiger partial charge on any atom is -0.350 e. The number of fused-ring (bicyclic) bond motifs is 1. The largest absolute Gasteiger partial charge is 0.350 e. The minimum absolute atomic E-state index is 0.107. The molecule has 2 aromatic rings. The molecule has 2 aromatic carbocycles. The highest BCUT2D eigenvalue weighted by molar-refractivity contribution is 6.21. The van der Waals surface area contributed by atoms with Gasteiger partial charge in [-0.1, -0.05) is 31.2 Å². The number of hydrogen-bond acceptors (Lipinski definition) is 4. The van der Waals surface area contributed by atoms with E-state index in [1.165, 1.54) is 17.7 Å². The first kappa shape index (κ1) is 21.2. The Bertz CT molecular complexity index is 943. The molecule has 162 valence electrons. The Balaban J connectivity index is 1.32. The lowest BCUT2D eigenvalue weighted by Gasteiger charge is -2.35. The van der Waals surface area contributed by atoms with Crippen LogP contribution in [0.5, 0.6) is 0 Å². The first-order valence-electron chi connectivity index (χ1n) is 11.0. The van der Waals surface area contributed by atoms with Gasteiger partial charge < -0.3 is 5.32 Å². The Morgan fingerprint density at radius 1 is 1.00 bits per heavy atom. The van der Waals surface area contributed by atoms with E-state index in [9.17, 15) is 14.4 Å². The van der Waals surface area contributed by atoms with Crippen LogP contribution in [0.15, 0.2) is 48.5 Å². The van der Waals surface area contributed by atoms with Crippen molar-refractivity contribution in [2.24, 2.45) is 5.92 Å². The number of likely N-dealkylation sites (tertiary alicyclic amines) is 1. The molecular formula is C25H29N3O3. The van der Waals surface area contributed by atoms with Gasteiger partial charge in [-0.15, -0.1) is 0 Å².